The SMILES string of the molecule is CCC(CC)N(CC(C)C)c1c(Cl)cc(N)cc1Cl. The summed E-state index contributed by atoms with van der Waals surface area (Å²) in [5.41, 5.74) is 7.30. The number of rotatable bonds is 6. The lowest BCUT2D eigenvalue weighted by Crippen LogP contribution is -2.37. The Hall–Kier alpha value is -0.600. The summed E-state index contributed by atoms with van der Waals surface area (Å²) in [4.78, 5) is 2.33. The van der Waals surface area contributed by atoms with E-state index >= 15 is 0 Å². The van der Waals surface area contributed by atoms with Crippen LogP contribution >= 0.6 is 23.2 Å². The van der Waals surface area contributed by atoms with Crippen molar-refractivity contribution in [3.05, 3.63) is 22.2 Å². The van der Waals surface area contributed by atoms with Crippen molar-refractivity contribution in [1.82, 2.24) is 0 Å². The number of halogens is 2. The summed E-state index contributed by atoms with van der Waals surface area (Å²) in [6, 6.07) is 4.00. The lowest BCUT2D eigenvalue weighted by Gasteiger charge is -2.35. The van der Waals surface area contributed by atoms with Gasteiger partial charge in [-0.25, -0.2) is 0 Å². The number of nitrogen functional groups attached to an aromatic ring is 1. The zero-order valence-corrected chi connectivity index (χ0v) is 13.7. The van der Waals surface area contributed by atoms with Crippen LogP contribution in [0.5, 0.6) is 0 Å². The summed E-state index contributed by atoms with van der Waals surface area (Å²) in [5, 5.41) is 1.27. The molecule has 0 radical (unpaired) electrons. The maximum absolute atomic E-state index is 6.36. The minimum atomic E-state index is 0.445. The van der Waals surface area contributed by atoms with Gasteiger partial charge < -0.3 is 10.6 Å². The Morgan fingerprint density at radius 3 is 1.95 bits per heavy atom. The summed E-state index contributed by atoms with van der Waals surface area (Å²) < 4.78 is 0. The van der Waals surface area contributed by atoms with Crippen LogP contribution in [-0.4, -0.2) is 12.6 Å². The van der Waals surface area contributed by atoms with Gasteiger partial charge in [0, 0.05) is 18.3 Å². The van der Waals surface area contributed by atoms with E-state index in [9.17, 15) is 0 Å². The molecule has 0 bridgehead atoms. The molecule has 0 aromatic heterocycles. The summed E-state index contributed by atoms with van der Waals surface area (Å²) in [6.07, 6.45) is 2.14. The van der Waals surface area contributed by atoms with Crippen molar-refractivity contribution in [1.29, 1.82) is 0 Å². The molecule has 4 heteroatoms. The molecule has 0 unspecified atom stereocenters. The third-order valence-corrected chi connectivity index (χ3v) is 3.85. The van der Waals surface area contributed by atoms with E-state index < -0.39 is 0 Å². The predicted molar refractivity (Wildman–Crippen MR) is 87.4 cm³/mol. The second-order valence-electron chi connectivity index (χ2n) is 5.35. The van der Waals surface area contributed by atoms with Gasteiger partial charge >= 0.3 is 0 Å². The average Bonchev–Trinajstić information content (AvgIpc) is 2.28. The molecule has 0 atom stereocenters. The first-order chi connectivity index (χ1) is 8.90. The molecule has 0 heterocycles. The predicted octanol–water partition coefficient (Wildman–Crippen LogP) is 5.23. The fourth-order valence-electron chi connectivity index (χ4n) is 2.41. The van der Waals surface area contributed by atoms with Crippen molar-refractivity contribution in [3.63, 3.8) is 0 Å². The number of nitrogens with zero attached hydrogens (tertiary/aromatic N) is 1. The maximum Gasteiger partial charge on any atom is 0.0749 e. The monoisotopic (exact) mass is 302 g/mol. The van der Waals surface area contributed by atoms with Crippen LogP contribution in [0.3, 0.4) is 0 Å². The van der Waals surface area contributed by atoms with Gasteiger partial charge in [-0.05, 0) is 30.9 Å². The first-order valence-electron chi connectivity index (χ1n) is 6.91. The van der Waals surface area contributed by atoms with Crippen LogP contribution in [0.15, 0.2) is 12.1 Å². The van der Waals surface area contributed by atoms with E-state index in [1.54, 1.807) is 12.1 Å². The molecule has 0 fully saturated rings. The Morgan fingerprint density at radius 1 is 1.11 bits per heavy atom. The zero-order valence-electron chi connectivity index (χ0n) is 12.2. The van der Waals surface area contributed by atoms with Crippen LogP contribution < -0.4 is 10.6 Å². The fraction of sp³-hybridized carbons (Fsp3) is 0.600. The molecule has 19 heavy (non-hydrogen) atoms. The third-order valence-electron chi connectivity index (χ3n) is 3.27. The molecule has 0 amide bonds. The highest BCUT2D eigenvalue weighted by atomic mass is 35.5. The van der Waals surface area contributed by atoms with E-state index in [4.69, 9.17) is 28.9 Å². The normalized spacial score (nSPS) is 11.4. The number of hydrogen-bond donors (Lipinski definition) is 1. The quantitative estimate of drug-likeness (QED) is 0.729. The first kappa shape index (κ1) is 16.5. The molecule has 1 aromatic carbocycles. The number of hydrogen-bond acceptors (Lipinski definition) is 2. The summed E-state index contributed by atoms with van der Waals surface area (Å²) in [5.74, 6) is 0.547. The molecule has 0 aliphatic heterocycles. The molecule has 0 spiro atoms. The molecule has 1 rings (SSSR count). The zero-order chi connectivity index (χ0) is 14.6. The minimum Gasteiger partial charge on any atom is -0.399 e. The lowest BCUT2D eigenvalue weighted by atomic mass is 10.1. The minimum absolute atomic E-state index is 0.445. The van der Waals surface area contributed by atoms with Crippen molar-refractivity contribution in [2.45, 2.75) is 46.6 Å². The smallest absolute Gasteiger partial charge is 0.0749 e. The standard InChI is InChI=1S/C15H24Cl2N2/c1-5-12(6-2)19(9-10(3)4)15-13(16)7-11(18)8-14(15)17/h7-8,10,12H,5-6,9,18H2,1-4H3. The summed E-state index contributed by atoms with van der Waals surface area (Å²) >= 11 is 12.7. The van der Waals surface area contributed by atoms with Gasteiger partial charge in [0.15, 0.2) is 0 Å². The third kappa shape index (κ3) is 4.19. The summed E-state index contributed by atoms with van der Waals surface area (Å²) in [7, 11) is 0. The average molecular weight is 303 g/mol. The van der Waals surface area contributed by atoms with Crippen LogP contribution in [0.25, 0.3) is 0 Å². The Balaban J connectivity index is 3.24. The molecule has 2 N–H and O–H groups in total. The molecule has 0 aliphatic carbocycles. The lowest BCUT2D eigenvalue weighted by molar-refractivity contribution is 0.508. The fourth-order valence-corrected chi connectivity index (χ4v) is 3.13. The number of benzene rings is 1. The van der Waals surface area contributed by atoms with E-state index in [0.29, 0.717) is 27.7 Å². The van der Waals surface area contributed by atoms with Gasteiger partial charge in [-0.1, -0.05) is 50.9 Å². The molecule has 0 aliphatic rings. The summed E-state index contributed by atoms with van der Waals surface area (Å²) in [6.45, 7) is 9.74. The topological polar surface area (TPSA) is 29.3 Å². The molecule has 108 valence electrons. The van der Waals surface area contributed by atoms with Crippen molar-refractivity contribution in [3.8, 4) is 0 Å². The van der Waals surface area contributed by atoms with E-state index in [0.717, 1.165) is 25.1 Å². The highest BCUT2D eigenvalue weighted by Gasteiger charge is 2.22. The van der Waals surface area contributed by atoms with Crippen LogP contribution in [0, 0.1) is 5.92 Å². The Labute approximate surface area is 126 Å². The molecule has 0 saturated heterocycles. The largest absolute Gasteiger partial charge is 0.399 e. The number of anilines is 2. The van der Waals surface area contributed by atoms with Crippen LogP contribution in [-0.2, 0) is 0 Å². The Kier molecular flexibility index (Phi) is 6.28. The van der Waals surface area contributed by atoms with Crippen LogP contribution in [0.1, 0.15) is 40.5 Å². The van der Waals surface area contributed by atoms with Gasteiger partial charge in [0.05, 0.1) is 15.7 Å². The van der Waals surface area contributed by atoms with Gasteiger partial charge in [-0.2, -0.15) is 0 Å². The van der Waals surface area contributed by atoms with E-state index in [1.165, 1.54) is 0 Å². The molecule has 0 saturated carbocycles. The Bertz CT molecular complexity index is 392. The van der Waals surface area contributed by atoms with Gasteiger partial charge in [0.25, 0.3) is 0 Å². The maximum atomic E-state index is 6.36. The van der Waals surface area contributed by atoms with Crippen molar-refractivity contribution < 1.29 is 0 Å². The van der Waals surface area contributed by atoms with Gasteiger partial charge in [0.2, 0.25) is 0 Å². The van der Waals surface area contributed by atoms with Crippen molar-refractivity contribution >= 4 is 34.6 Å². The second-order valence-corrected chi connectivity index (χ2v) is 6.16. The van der Waals surface area contributed by atoms with E-state index in [1.807, 2.05) is 0 Å². The van der Waals surface area contributed by atoms with Gasteiger partial charge in [-0.15, -0.1) is 0 Å². The highest BCUT2D eigenvalue weighted by Crippen LogP contribution is 2.38. The van der Waals surface area contributed by atoms with Crippen LogP contribution in [0.2, 0.25) is 10.0 Å². The Morgan fingerprint density at radius 2 is 1.58 bits per heavy atom. The van der Waals surface area contributed by atoms with E-state index in [-0.39, 0.29) is 0 Å². The highest BCUT2D eigenvalue weighted by molar-refractivity contribution is 6.39. The van der Waals surface area contributed by atoms with Gasteiger partial charge in [0.1, 0.15) is 0 Å². The van der Waals surface area contributed by atoms with Crippen molar-refractivity contribution in [2.75, 3.05) is 17.2 Å². The van der Waals surface area contributed by atoms with Crippen molar-refractivity contribution in [2.24, 2.45) is 5.92 Å². The first-order valence-corrected chi connectivity index (χ1v) is 7.67. The van der Waals surface area contributed by atoms with Crippen LogP contribution in [0.4, 0.5) is 11.4 Å². The number of nitrogens with two attached hydrogens (primary N) is 1. The molecule has 2 nitrogen and oxygen atoms in total. The molecular formula is C15H24Cl2N2. The molecular weight excluding hydrogens is 279 g/mol. The molecule has 1 aromatic rings. The van der Waals surface area contributed by atoms with E-state index in [2.05, 4.69) is 32.6 Å². The second kappa shape index (κ2) is 7.25. The van der Waals surface area contributed by atoms with Gasteiger partial charge in [-0.3, -0.25) is 0 Å².